The largest absolute Gasteiger partial charge is 0.280 e. The quantitative estimate of drug-likeness (QED) is 0.532. The second kappa shape index (κ2) is 4.97. The van der Waals surface area contributed by atoms with Gasteiger partial charge in [0.05, 0.1) is 0 Å². The van der Waals surface area contributed by atoms with E-state index in [0.717, 1.165) is 0 Å². The van der Waals surface area contributed by atoms with E-state index in [2.05, 4.69) is 0 Å². The average molecular weight is 225 g/mol. The molecule has 4 heteroatoms. The van der Waals surface area contributed by atoms with Gasteiger partial charge in [-0.05, 0) is 42.0 Å². The van der Waals surface area contributed by atoms with Crippen LogP contribution in [-0.2, 0) is 9.59 Å². The second-order valence-corrected chi connectivity index (χ2v) is 4.27. The maximum absolute atomic E-state index is 11.1. The molecule has 0 aromatic carbocycles. The summed E-state index contributed by atoms with van der Waals surface area (Å²) in [5.41, 5.74) is -1.18. The summed E-state index contributed by atoms with van der Waals surface area (Å²) in [5.74, 6) is 0.213. The van der Waals surface area contributed by atoms with Gasteiger partial charge < -0.3 is 0 Å². The Labute approximate surface area is 88.6 Å². The number of halogens is 2. The zero-order valence-electron chi connectivity index (χ0n) is 8.06. The lowest BCUT2D eigenvalue weighted by atomic mass is 9.80. The highest BCUT2D eigenvalue weighted by Crippen LogP contribution is 2.35. The molecular formula is C9H14Cl2O2. The highest BCUT2D eigenvalue weighted by molar-refractivity contribution is 6.74. The maximum atomic E-state index is 11.1. The normalized spacial score (nSPS) is 11.8. The third-order valence-corrected chi connectivity index (χ3v) is 2.84. The van der Waals surface area contributed by atoms with Gasteiger partial charge in [0.15, 0.2) is 0 Å². The molecular weight excluding hydrogens is 211 g/mol. The number of hydrogen-bond donors (Lipinski definition) is 0. The first-order valence-electron chi connectivity index (χ1n) is 4.26. The predicted octanol–water partition coefficient (Wildman–Crippen LogP) is 2.96. The third-order valence-electron chi connectivity index (χ3n) is 2.11. The Bertz CT molecular complexity index is 198. The molecule has 13 heavy (non-hydrogen) atoms. The molecule has 0 unspecified atom stereocenters. The Hall–Kier alpha value is -0.0800. The molecule has 2 nitrogen and oxygen atoms in total. The molecule has 0 fully saturated rings. The molecule has 0 aliphatic heterocycles. The summed E-state index contributed by atoms with van der Waals surface area (Å²) in [6.07, 6.45) is 0.768. The lowest BCUT2D eigenvalue weighted by Crippen LogP contribution is -2.34. The Balaban J connectivity index is 4.87. The third kappa shape index (κ3) is 2.96. The topological polar surface area (TPSA) is 34.1 Å². The van der Waals surface area contributed by atoms with Crippen LogP contribution in [0.2, 0.25) is 0 Å². The Morgan fingerprint density at radius 2 is 1.62 bits per heavy atom. The van der Waals surface area contributed by atoms with Gasteiger partial charge in [-0.1, -0.05) is 20.8 Å². The van der Waals surface area contributed by atoms with Crippen molar-refractivity contribution in [3.8, 4) is 0 Å². The van der Waals surface area contributed by atoms with Crippen LogP contribution in [0, 0.1) is 11.3 Å². The Morgan fingerprint density at radius 3 is 1.69 bits per heavy atom. The maximum Gasteiger partial charge on any atom is 0.236 e. The minimum atomic E-state index is -1.18. The van der Waals surface area contributed by atoms with E-state index in [-0.39, 0.29) is 5.92 Å². The molecule has 76 valence electrons. The van der Waals surface area contributed by atoms with Crippen LogP contribution in [0.25, 0.3) is 0 Å². The van der Waals surface area contributed by atoms with Crippen LogP contribution in [0.1, 0.15) is 33.6 Å². The minimum absolute atomic E-state index is 0.213. The zero-order valence-corrected chi connectivity index (χ0v) is 9.58. The van der Waals surface area contributed by atoms with Crippen molar-refractivity contribution in [3.63, 3.8) is 0 Å². The number of carbonyl (C=O) groups is 2. The lowest BCUT2D eigenvalue weighted by molar-refractivity contribution is -0.132. The van der Waals surface area contributed by atoms with Crippen LogP contribution in [0.3, 0.4) is 0 Å². The van der Waals surface area contributed by atoms with Gasteiger partial charge >= 0.3 is 0 Å². The van der Waals surface area contributed by atoms with E-state index in [1.807, 2.05) is 13.8 Å². The molecule has 0 atom stereocenters. The molecule has 0 aliphatic carbocycles. The van der Waals surface area contributed by atoms with Crippen LogP contribution in [0.4, 0.5) is 0 Å². The fraction of sp³-hybridized carbons (Fsp3) is 0.778. The van der Waals surface area contributed by atoms with Gasteiger partial charge in [0.1, 0.15) is 5.41 Å². The van der Waals surface area contributed by atoms with E-state index in [1.54, 1.807) is 6.92 Å². The van der Waals surface area contributed by atoms with Crippen molar-refractivity contribution >= 4 is 33.7 Å². The Kier molecular flexibility index (Phi) is 4.93. The molecule has 0 aromatic rings. The van der Waals surface area contributed by atoms with Crippen molar-refractivity contribution in [3.05, 3.63) is 0 Å². The number of hydrogen-bond acceptors (Lipinski definition) is 2. The first-order chi connectivity index (χ1) is 5.86. The monoisotopic (exact) mass is 224 g/mol. The van der Waals surface area contributed by atoms with Gasteiger partial charge in [0.2, 0.25) is 10.5 Å². The standard InChI is InChI=1S/C9H14Cl2O2/c1-4-9(7(10)12,8(11)13)5-6(2)3/h6H,4-5H2,1-3H3. The number of carbonyl (C=O) groups excluding carboxylic acids is 2. The van der Waals surface area contributed by atoms with E-state index in [1.165, 1.54) is 0 Å². The van der Waals surface area contributed by atoms with Gasteiger partial charge in [-0.2, -0.15) is 0 Å². The van der Waals surface area contributed by atoms with E-state index in [4.69, 9.17) is 23.2 Å². The zero-order chi connectivity index (χ0) is 10.6. The summed E-state index contributed by atoms with van der Waals surface area (Å²) in [5, 5.41) is -1.30. The van der Waals surface area contributed by atoms with Gasteiger partial charge in [-0.15, -0.1) is 0 Å². The van der Waals surface area contributed by atoms with Crippen molar-refractivity contribution < 1.29 is 9.59 Å². The van der Waals surface area contributed by atoms with E-state index in [0.29, 0.717) is 12.8 Å². The lowest BCUT2D eigenvalue weighted by Gasteiger charge is -2.25. The molecule has 0 rings (SSSR count). The fourth-order valence-electron chi connectivity index (χ4n) is 1.36. The summed E-state index contributed by atoms with van der Waals surface area (Å²) < 4.78 is 0. The molecule has 0 bridgehead atoms. The van der Waals surface area contributed by atoms with E-state index < -0.39 is 15.9 Å². The second-order valence-electron chi connectivity index (χ2n) is 3.58. The first kappa shape index (κ1) is 12.9. The van der Waals surface area contributed by atoms with Crippen molar-refractivity contribution in [2.75, 3.05) is 0 Å². The predicted molar refractivity (Wildman–Crippen MR) is 53.9 cm³/mol. The van der Waals surface area contributed by atoms with E-state index >= 15 is 0 Å². The van der Waals surface area contributed by atoms with Gasteiger partial charge in [-0.3, -0.25) is 9.59 Å². The van der Waals surface area contributed by atoms with E-state index in [9.17, 15) is 9.59 Å². The number of rotatable bonds is 5. The SMILES string of the molecule is CCC(CC(C)C)(C(=O)Cl)C(=O)Cl. The van der Waals surface area contributed by atoms with Gasteiger partial charge in [0.25, 0.3) is 0 Å². The van der Waals surface area contributed by atoms with Gasteiger partial charge in [-0.25, -0.2) is 0 Å². The van der Waals surface area contributed by atoms with Crippen molar-refractivity contribution in [2.24, 2.45) is 11.3 Å². The molecule has 0 aromatic heterocycles. The minimum Gasteiger partial charge on any atom is -0.280 e. The first-order valence-corrected chi connectivity index (χ1v) is 5.02. The van der Waals surface area contributed by atoms with Crippen LogP contribution in [0.5, 0.6) is 0 Å². The van der Waals surface area contributed by atoms with Crippen molar-refractivity contribution in [1.82, 2.24) is 0 Å². The molecule has 0 N–H and O–H groups in total. The summed E-state index contributed by atoms with van der Waals surface area (Å²) in [6, 6.07) is 0. The van der Waals surface area contributed by atoms with Crippen molar-refractivity contribution in [1.29, 1.82) is 0 Å². The summed E-state index contributed by atoms with van der Waals surface area (Å²) >= 11 is 10.8. The van der Waals surface area contributed by atoms with Crippen molar-refractivity contribution in [2.45, 2.75) is 33.6 Å². The summed E-state index contributed by atoms with van der Waals surface area (Å²) in [4.78, 5) is 22.3. The molecule has 0 saturated heterocycles. The van der Waals surface area contributed by atoms with Crippen LogP contribution in [-0.4, -0.2) is 10.5 Å². The average Bonchev–Trinajstić information content (AvgIpc) is 1.98. The summed E-state index contributed by atoms with van der Waals surface area (Å²) in [7, 11) is 0. The van der Waals surface area contributed by atoms with Gasteiger partial charge in [0, 0.05) is 0 Å². The molecule has 0 aliphatic rings. The van der Waals surface area contributed by atoms with Crippen LogP contribution >= 0.6 is 23.2 Å². The highest BCUT2D eigenvalue weighted by Gasteiger charge is 2.42. The molecule has 0 saturated carbocycles. The highest BCUT2D eigenvalue weighted by atomic mass is 35.5. The molecule has 0 amide bonds. The fourth-order valence-corrected chi connectivity index (χ4v) is 2.00. The molecule has 0 heterocycles. The smallest absolute Gasteiger partial charge is 0.236 e. The molecule has 0 radical (unpaired) electrons. The summed E-state index contributed by atoms with van der Waals surface area (Å²) in [6.45, 7) is 5.58. The molecule has 0 spiro atoms. The van der Waals surface area contributed by atoms with Crippen LogP contribution < -0.4 is 0 Å². The van der Waals surface area contributed by atoms with Crippen LogP contribution in [0.15, 0.2) is 0 Å². The Morgan fingerprint density at radius 1 is 1.23 bits per heavy atom.